The van der Waals surface area contributed by atoms with Crippen LogP contribution in [-0.2, 0) is 22.4 Å². The number of nitrogens with zero attached hydrogens (tertiary/aromatic N) is 1. The second kappa shape index (κ2) is 6.06. The Morgan fingerprint density at radius 2 is 2.32 bits per heavy atom. The van der Waals surface area contributed by atoms with Gasteiger partial charge in [0.25, 0.3) is 0 Å². The van der Waals surface area contributed by atoms with Crippen molar-refractivity contribution in [1.82, 2.24) is 0 Å². The molecule has 0 bridgehead atoms. The number of methoxy groups -OCH3 is 1. The molecular weight excluding hydrogens is 240 g/mol. The summed E-state index contributed by atoms with van der Waals surface area (Å²) in [6, 6.07) is 6.57. The summed E-state index contributed by atoms with van der Waals surface area (Å²) in [7, 11) is 3.53. The van der Waals surface area contributed by atoms with Gasteiger partial charge < -0.3 is 15.4 Å². The highest BCUT2D eigenvalue weighted by atomic mass is 16.5. The summed E-state index contributed by atoms with van der Waals surface area (Å²) in [6.45, 7) is 1.09. The smallest absolute Gasteiger partial charge is 0.305 e. The largest absolute Gasteiger partial charge is 0.469 e. The van der Waals surface area contributed by atoms with Crippen LogP contribution in [0.4, 0.5) is 5.69 Å². The first-order chi connectivity index (χ1) is 9.10. The third-order valence-electron chi connectivity index (χ3n) is 3.72. The van der Waals surface area contributed by atoms with Crippen LogP contribution < -0.4 is 10.6 Å². The van der Waals surface area contributed by atoms with Gasteiger partial charge in [0.05, 0.1) is 7.11 Å². The molecule has 0 spiro atoms. The Morgan fingerprint density at radius 3 is 3.05 bits per heavy atom. The molecule has 4 heteroatoms. The molecule has 0 saturated heterocycles. The van der Waals surface area contributed by atoms with Crippen LogP contribution in [0.15, 0.2) is 18.2 Å². The molecule has 1 atom stereocenters. The molecule has 0 aliphatic carbocycles. The van der Waals surface area contributed by atoms with E-state index in [2.05, 4.69) is 34.9 Å². The predicted molar refractivity (Wildman–Crippen MR) is 76.3 cm³/mol. The van der Waals surface area contributed by atoms with Gasteiger partial charge >= 0.3 is 5.97 Å². The standard InChI is InChI=1S/C15H22N2O2/c1-17-8-7-12-9-11(3-5-14(12)17)10-13(16)4-6-15(18)19-2/h3,5,9,13H,4,6-8,10,16H2,1-2H3. The first-order valence-electron chi connectivity index (χ1n) is 6.75. The highest BCUT2D eigenvalue weighted by Crippen LogP contribution is 2.27. The van der Waals surface area contributed by atoms with Gasteiger partial charge in [-0.1, -0.05) is 12.1 Å². The summed E-state index contributed by atoms with van der Waals surface area (Å²) in [6.07, 6.45) is 2.99. The summed E-state index contributed by atoms with van der Waals surface area (Å²) < 4.78 is 4.62. The monoisotopic (exact) mass is 262 g/mol. The Bertz CT molecular complexity index is 459. The molecule has 1 aromatic carbocycles. The van der Waals surface area contributed by atoms with Gasteiger partial charge in [0.1, 0.15) is 0 Å². The number of hydrogen-bond acceptors (Lipinski definition) is 4. The molecule has 0 fully saturated rings. The quantitative estimate of drug-likeness (QED) is 0.817. The van der Waals surface area contributed by atoms with Crippen molar-refractivity contribution in [2.45, 2.75) is 31.7 Å². The second-order valence-electron chi connectivity index (χ2n) is 5.21. The topological polar surface area (TPSA) is 55.6 Å². The fourth-order valence-corrected chi connectivity index (χ4v) is 2.56. The highest BCUT2D eigenvalue weighted by Gasteiger charge is 2.16. The van der Waals surface area contributed by atoms with Gasteiger partial charge in [-0.15, -0.1) is 0 Å². The number of likely N-dealkylation sites (N-methyl/N-ethyl adjacent to an activating group) is 1. The Kier molecular flexibility index (Phi) is 4.43. The van der Waals surface area contributed by atoms with Crippen molar-refractivity contribution >= 4 is 11.7 Å². The van der Waals surface area contributed by atoms with Crippen molar-refractivity contribution in [2.24, 2.45) is 5.73 Å². The van der Waals surface area contributed by atoms with E-state index in [9.17, 15) is 4.79 Å². The molecule has 4 nitrogen and oxygen atoms in total. The van der Waals surface area contributed by atoms with Crippen LogP contribution in [0.1, 0.15) is 24.0 Å². The summed E-state index contributed by atoms with van der Waals surface area (Å²) in [5.41, 5.74) is 10.0. The highest BCUT2D eigenvalue weighted by molar-refractivity contribution is 5.69. The SMILES string of the molecule is COC(=O)CCC(N)Cc1ccc2c(c1)CCN2C. The number of anilines is 1. The van der Waals surface area contributed by atoms with E-state index >= 15 is 0 Å². The van der Waals surface area contributed by atoms with Crippen LogP contribution in [0.25, 0.3) is 0 Å². The van der Waals surface area contributed by atoms with Crippen molar-refractivity contribution in [3.05, 3.63) is 29.3 Å². The van der Waals surface area contributed by atoms with E-state index < -0.39 is 0 Å². The summed E-state index contributed by atoms with van der Waals surface area (Å²) in [4.78, 5) is 13.3. The average Bonchev–Trinajstić information content (AvgIpc) is 2.77. The Hall–Kier alpha value is -1.55. The average molecular weight is 262 g/mol. The maximum atomic E-state index is 11.1. The van der Waals surface area contributed by atoms with Crippen molar-refractivity contribution in [2.75, 3.05) is 25.6 Å². The van der Waals surface area contributed by atoms with E-state index in [0.717, 1.165) is 19.4 Å². The molecule has 0 amide bonds. The van der Waals surface area contributed by atoms with Gasteiger partial charge in [-0.05, 0) is 36.5 Å². The van der Waals surface area contributed by atoms with Crippen LogP contribution in [0.2, 0.25) is 0 Å². The number of benzene rings is 1. The van der Waals surface area contributed by atoms with Gasteiger partial charge in [0.15, 0.2) is 0 Å². The zero-order chi connectivity index (χ0) is 13.8. The molecule has 1 aromatic rings. The lowest BCUT2D eigenvalue weighted by Crippen LogP contribution is -2.24. The summed E-state index contributed by atoms with van der Waals surface area (Å²) in [5, 5.41) is 0. The number of carbonyl (C=O) groups is 1. The minimum atomic E-state index is -0.189. The van der Waals surface area contributed by atoms with Crippen LogP contribution in [0, 0.1) is 0 Å². The number of hydrogen-bond donors (Lipinski definition) is 1. The predicted octanol–water partition coefficient (Wildman–Crippen LogP) is 1.50. The molecule has 1 heterocycles. The number of ether oxygens (including phenoxy) is 1. The van der Waals surface area contributed by atoms with Crippen molar-refractivity contribution < 1.29 is 9.53 Å². The minimum Gasteiger partial charge on any atom is -0.469 e. The molecule has 2 rings (SSSR count). The summed E-state index contributed by atoms with van der Waals surface area (Å²) in [5.74, 6) is -0.189. The maximum Gasteiger partial charge on any atom is 0.305 e. The summed E-state index contributed by atoms with van der Waals surface area (Å²) >= 11 is 0. The first-order valence-corrected chi connectivity index (χ1v) is 6.75. The Labute approximate surface area is 114 Å². The Morgan fingerprint density at radius 1 is 1.53 bits per heavy atom. The molecular formula is C15H22N2O2. The van der Waals surface area contributed by atoms with E-state index in [1.54, 1.807) is 0 Å². The number of fused-ring (bicyclic) bond motifs is 1. The fourth-order valence-electron chi connectivity index (χ4n) is 2.56. The molecule has 0 radical (unpaired) electrons. The van der Waals surface area contributed by atoms with Crippen LogP contribution in [-0.4, -0.2) is 32.7 Å². The molecule has 1 aliphatic rings. The molecule has 1 unspecified atom stereocenters. The molecule has 0 aromatic heterocycles. The Balaban J connectivity index is 1.91. The minimum absolute atomic E-state index is 0.0104. The number of carbonyl (C=O) groups excluding carboxylic acids is 1. The third-order valence-corrected chi connectivity index (χ3v) is 3.72. The van der Waals surface area contributed by atoms with Crippen LogP contribution in [0.3, 0.4) is 0 Å². The van der Waals surface area contributed by atoms with E-state index in [4.69, 9.17) is 5.73 Å². The van der Waals surface area contributed by atoms with Crippen molar-refractivity contribution in [3.63, 3.8) is 0 Å². The molecule has 19 heavy (non-hydrogen) atoms. The van der Waals surface area contributed by atoms with E-state index in [0.29, 0.717) is 12.8 Å². The van der Waals surface area contributed by atoms with Gasteiger partial charge in [-0.3, -0.25) is 4.79 Å². The van der Waals surface area contributed by atoms with E-state index in [1.807, 2.05) is 0 Å². The molecule has 0 saturated carbocycles. The molecule has 2 N–H and O–H groups in total. The second-order valence-corrected chi connectivity index (χ2v) is 5.21. The van der Waals surface area contributed by atoms with Gasteiger partial charge in [-0.2, -0.15) is 0 Å². The van der Waals surface area contributed by atoms with Crippen molar-refractivity contribution in [3.8, 4) is 0 Å². The lowest BCUT2D eigenvalue weighted by Gasteiger charge is -2.14. The van der Waals surface area contributed by atoms with Gasteiger partial charge in [0, 0.05) is 31.7 Å². The fraction of sp³-hybridized carbons (Fsp3) is 0.533. The third kappa shape index (κ3) is 3.47. The molecule has 1 aliphatic heterocycles. The number of nitrogens with two attached hydrogens (primary N) is 1. The normalized spacial score (nSPS) is 15.2. The zero-order valence-corrected chi connectivity index (χ0v) is 11.7. The van der Waals surface area contributed by atoms with E-state index in [-0.39, 0.29) is 12.0 Å². The zero-order valence-electron chi connectivity index (χ0n) is 11.7. The van der Waals surface area contributed by atoms with E-state index in [1.165, 1.54) is 23.9 Å². The molecule has 104 valence electrons. The number of esters is 1. The number of rotatable bonds is 5. The maximum absolute atomic E-state index is 11.1. The van der Waals surface area contributed by atoms with Gasteiger partial charge in [0.2, 0.25) is 0 Å². The first kappa shape index (κ1) is 13.9. The lowest BCUT2D eigenvalue weighted by molar-refractivity contribution is -0.140. The van der Waals surface area contributed by atoms with Gasteiger partial charge in [-0.25, -0.2) is 0 Å². The van der Waals surface area contributed by atoms with Crippen LogP contribution in [0.5, 0.6) is 0 Å². The lowest BCUT2D eigenvalue weighted by atomic mass is 10.00. The van der Waals surface area contributed by atoms with Crippen LogP contribution >= 0.6 is 0 Å². The van der Waals surface area contributed by atoms with Crippen molar-refractivity contribution in [1.29, 1.82) is 0 Å².